The van der Waals surface area contributed by atoms with Crippen LogP contribution >= 0.6 is 23.1 Å². The number of tetrazole rings is 1. The molecule has 11 heteroatoms. The second-order valence-electron chi connectivity index (χ2n) is 6.50. The predicted octanol–water partition coefficient (Wildman–Crippen LogP) is 2.54. The number of amides is 1. The Bertz CT molecular complexity index is 1120. The van der Waals surface area contributed by atoms with E-state index in [9.17, 15) is 9.59 Å². The molecule has 1 aliphatic rings. The van der Waals surface area contributed by atoms with Crippen LogP contribution in [0.5, 0.6) is 5.75 Å². The fourth-order valence-corrected chi connectivity index (χ4v) is 4.79. The zero-order chi connectivity index (χ0) is 21.1. The molecule has 3 heterocycles. The van der Waals surface area contributed by atoms with Gasteiger partial charge in [0.15, 0.2) is 5.17 Å². The number of nitrogens with zero attached hydrogens (tertiary/aromatic N) is 6. The number of hydrogen-bond donors (Lipinski definition) is 0. The van der Waals surface area contributed by atoms with Crippen LogP contribution < -0.4 is 10.4 Å². The molecule has 0 radical (unpaired) electrons. The van der Waals surface area contributed by atoms with Crippen LogP contribution in [-0.4, -0.2) is 54.2 Å². The number of aliphatic imine (C=N–C) groups is 1. The molecular formula is C19H20N6O3S2. The van der Waals surface area contributed by atoms with Crippen molar-refractivity contribution in [2.24, 2.45) is 4.99 Å². The van der Waals surface area contributed by atoms with Crippen molar-refractivity contribution in [3.8, 4) is 10.8 Å². The Kier molecular flexibility index (Phi) is 6.00. The Balaban J connectivity index is 1.58. The Morgan fingerprint density at radius 3 is 2.87 bits per heavy atom. The van der Waals surface area contributed by atoms with Gasteiger partial charge in [-0.05, 0) is 53.9 Å². The molecule has 0 saturated carbocycles. The normalized spacial score (nSPS) is 17.6. The van der Waals surface area contributed by atoms with E-state index in [1.807, 2.05) is 49.6 Å². The predicted molar refractivity (Wildman–Crippen MR) is 117 cm³/mol. The van der Waals surface area contributed by atoms with Crippen LogP contribution in [0, 0.1) is 0 Å². The van der Waals surface area contributed by atoms with E-state index in [0.717, 1.165) is 10.4 Å². The van der Waals surface area contributed by atoms with Crippen molar-refractivity contribution in [2.75, 3.05) is 12.4 Å². The molecule has 2 aromatic heterocycles. The minimum absolute atomic E-state index is 0.0523. The quantitative estimate of drug-likeness (QED) is 0.580. The molecule has 0 N–H and O–H groups in total. The van der Waals surface area contributed by atoms with Crippen LogP contribution in [0.4, 0.5) is 5.69 Å². The molecule has 1 saturated heterocycles. The number of para-hydroxylation sites is 2. The van der Waals surface area contributed by atoms with E-state index < -0.39 is 5.69 Å². The van der Waals surface area contributed by atoms with Crippen molar-refractivity contribution in [3.05, 3.63) is 52.3 Å². The van der Waals surface area contributed by atoms with E-state index in [-0.39, 0.29) is 18.5 Å². The Labute approximate surface area is 181 Å². The summed E-state index contributed by atoms with van der Waals surface area (Å²) in [6, 6.07) is 11.0. The largest absolute Gasteiger partial charge is 0.492 e. The zero-order valence-corrected chi connectivity index (χ0v) is 18.1. The van der Waals surface area contributed by atoms with Crippen LogP contribution in [0.25, 0.3) is 5.00 Å². The third kappa shape index (κ3) is 4.03. The van der Waals surface area contributed by atoms with E-state index in [0.29, 0.717) is 28.2 Å². The van der Waals surface area contributed by atoms with Crippen LogP contribution in [0.3, 0.4) is 0 Å². The standard InChI is InChI=1S/C19H20N6O3S2/c1-3-28-15-8-5-4-7-14(15)20-18-24(13(2)12-30-18)16(26)11-23-19(27)25(22-21-23)17-9-6-10-29-17/h4-10,13H,3,11-12H2,1-2H3. The van der Waals surface area contributed by atoms with Crippen LogP contribution in [0.15, 0.2) is 51.6 Å². The first-order chi connectivity index (χ1) is 14.6. The maximum Gasteiger partial charge on any atom is 0.369 e. The number of amidine groups is 1. The summed E-state index contributed by atoms with van der Waals surface area (Å²) >= 11 is 2.87. The van der Waals surface area contributed by atoms with Crippen molar-refractivity contribution < 1.29 is 9.53 Å². The van der Waals surface area contributed by atoms with E-state index in [1.54, 1.807) is 11.0 Å². The van der Waals surface area contributed by atoms with Gasteiger partial charge in [-0.1, -0.05) is 23.9 Å². The summed E-state index contributed by atoms with van der Waals surface area (Å²) in [5, 5.41) is 10.8. The third-order valence-corrected chi connectivity index (χ3v) is 6.43. The minimum atomic E-state index is -0.453. The fourth-order valence-electron chi connectivity index (χ4n) is 3.00. The lowest BCUT2D eigenvalue weighted by molar-refractivity contribution is -0.129. The van der Waals surface area contributed by atoms with Crippen molar-refractivity contribution in [1.29, 1.82) is 0 Å². The molecule has 1 aliphatic heterocycles. The molecule has 1 atom stereocenters. The lowest BCUT2D eigenvalue weighted by Crippen LogP contribution is -2.41. The molecule has 0 aliphatic carbocycles. The van der Waals surface area contributed by atoms with Gasteiger partial charge in [0.1, 0.15) is 23.0 Å². The number of carbonyl (C=O) groups excluding carboxylic acids is 1. The van der Waals surface area contributed by atoms with Gasteiger partial charge in [0.2, 0.25) is 0 Å². The topological polar surface area (TPSA) is 94.6 Å². The molecule has 1 amide bonds. The second kappa shape index (κ2) is 8.84. The molecule has 156 valence electrons. The first-order valence-electron chi connectivity index (χ1n) is 9.40. The lowest BCUT2D eigenvalue weighted by Gasteiger charge is -2.20. The number of benzene rings is 1. The Morgan fingerprint density at radius 1 is 1.27 bits per heavy atom. The highest BCUT2D eigenvalue weighted by atomic mass is 32.2. The molecule has 0 bridgehead atoms. The van der Waals surface area contributed by atoms with Crippen LogP contribution in [-0.2, 0) is 11.3 Å². The van der Waals surface area contributed by atoms with Gasteiger partial charge in [-0.15, -0.1) is 11.3 Å². The van der Waals surface area contributed by atoms with E-state index >= 15 is 0 Å². The van der Waals surface area contributed by atoms with Crippen molar-refractivity contribution in [1.82, 2.24) is 24.7 Å². The Hall–Kier alpha value is -2.92. The average Bonchev–Trinajstić information content (AvgIpc) is 3.46. The summed E-state index contributed by atoms with van der Waals surface area (Å²) in [5.74, 6) is 1.12. The molecule has 30 heavy (non-hydrogen) atoms. The molecule has 3 aromatic rings. The van der Waals surface area contributed by atoms with E-state index in [1.165, 1.54) is 27.8 Å². The van der Waals surface area contributed by atoms with Crippen LogP contribution in [0.1, 0.15) is 13.8 Å². The van der Waals surface area contributed by atoms with Gasteiger partial charge in [0.05, 0.1) is 6.61 Å². The molecule has 9 nitrogen and oxygen atoms in total. The molecule has 1 fully saturated rings. The summed E-state index contributed by atoms with van der Waals surface area (Å²) in [6.07, 6.45) is 0. The maximum atomic E-state index is 13.1. The fraction of sp³-hybridized carbons (Fsp3) is 0.316. The summed E-state index contributed by atoms with van der Waals surface area (Å²) < 4.78 is 7.89. The summed E-state index contributed by atoms with van der Waals surface area (Å²) in [6.45, 7) is 4.18. The number of thioether (sulfide) groups is 1. The van der Waals surface area contributed by atoms with E-state index in [2.05, 4.69) is 15.4 Å². The van der Waals surface area contributed by atoms with Crippen LogP contribution in [0.2, 0.25) is 0 Å². The number of rotatable bonds is 6. The van der Waals surface area contributed by atoms with Gasteiger partial charge in [0.25, 0.3) is 5.91 Å². The zero-order valence-electron chi connectivity index (χ0n) is 16.5. The van der Waals surface area contributed by atoms with Crippen molar-refractivity contribution in [3.63, 3.8) is 0 Å². The third-order valence-electron chi connectivity index (χ3n) is 4.39. The monoisotopic (exact) mass is 444 g/mol. The summed E-state index contributed by atoms with van der Waals surface area (Å²) in [7, 11) is 0. The molecule has 1 unspecified atom stereocenters. The first-order valence-corrected chi connectivity index (χ1v) is 11.3. The highest BCUT2D eigenvalue weighted by molar-refractivity contribution is 8.14. The summed E-state index contributed by atoms with van der Waals surface area (Å²) in [4.78, 5) is 31.9. The molecule has 1 aromatic carbocycles. The molecule has 0 spiro atoms. The highest BCUT2D eigenvalue weighted by Crippen LogP contribution is 2.32. The number of thiophene rings is 1. The Morgan fingerprint density at radius 2 is 2.10 bits per heavy atom. The smallest absolute Gasteiger partial charge is 0.369 e. The van der Waals surface area contributed by atoms with Gasteiger partial charge >= 0.3 is 5.69 Å². The second-order valence-corrected chi connectivity index (χ2v) is 8.41. The lowest BCUT2D eigenvalue weighted by atomic mass is 10.3. The number of carbonyl (C=O) groups is 1. The SMILES string of the molecule is CCOc1ccccc1N=C1SCC(C)N1C(=O)Cn1nnn(-c2cccs2)c1=O. The number of ether oxygens (including phenoxy) is 1. The van der Waals surface area contributed by atoms with Gasteiger partial charge in [-0.25, -0.2) is 9.79 Å². The number of hydrogen-bond acceptors (Lipinski definition) is 8. The van der Waals surface area contributed by atoms with E-state index in [4.69, 9.17) is 4.74 Å². The minimum Gasteiger partial charge on any atom is -0.492 e. The molecule has 4 rings (SSSR count). The van der Waals surface area contributed by atoms with Gasteiger partial charge in [-0.3, -0.25) is 9.69 Å². The summed E-state index contributed by atoms with van der Waals surface area (Å²) in [5.41, 5.74) is 0.208. The average molecular weight is 445 g/mol. The van der Waals surface area contributed by atoms with Gasteiger partial charge < -0.3 is 4.74 Å². The first kappa shape index (κ1) is 20.4. The van der Waals surface area contributed by atoms with Gasteiger partial charge in [-0.2, -0.15) is 9.36 Å². The van der Waals surface area contributed by atoms with Crippen molar-refractivity contribution in [2.45, 2.75) is 26.4 Å². The molecular weight excluding hydrogens is 424 g/mol. The van der Waals surface area contributed by atoms with Crippen molar-refractivity contribution >= 4 is 39.9 Å². The maximum absolute atomic E-state index is 13.1. The number of aromatic nitrogens is 4. The highest BCUT2D eigenvalue weighted by Gasteiger charge is 2.33. The van der Waals surface area contributed by atoms with Gasteiger partial charge in [0, 0.05) is 11.8 Å².